The summed E-state index contributed by atoms with van der Waals surface area (Å²) in [4.78, 5) is 14.2. The van der Waals surface area contributed by atoms with Gasteiger partial charge in [-0.05, 0) is 19.8 Å². The first-order chi connectivity index (χ1) is 7.14. The van der Waals surface area contributed by atoms with Crippen LogP contribution in [0.25, 0.3) is 0 Å². The summed E-state index contributed by atoms with van der Waals surface area (Å²) in [7, 11) is 0. The van der Waals surface area contributed by atoms with Crippen LogP contribution in [0.5, 0.6) is 0 Å². The number of halogens is 1. The number of carbonyl (C=O) groups is 1. The molecule has 0 spiro atoms. The molecule has 1 saturated carbocycles. The first-order valence-corrected chi connectivity index (χ1v) is 6.53. The molecule has 0 saturated heterocycles. The Bertz CT molecular complexity index is 212. The molecule has 1 fully saturated rings. The van der Waals surface area contributed by atoms with Crippen LogP contribution in [0.4, 0.5) is 0 Å². The molecule has 0 aliphatic heterocycles. The summed E-state index contributed by atoms with van der Waals surface area (Å²) in [6, 6.07) is 0. The third-order valence-electron chi connectivity index (χ3n) is 3.50. The Labute approximate surface area is 98.0 Å². The molecule has 0 heterocycles. The zero-order valence-corrected chi connectivity index (χ0v) is 10.6. The molecule has 0 atom stereocenters. The van der Waals surface area contributed by atoms with Gasteiger partial charge in [0, 0.05) is 24.4 Å². The van der Waals surface area contributed by atoms with E-state index in [4.69, 9.17) is 11.6 Å². The summed E-state index contributed by atoms with van der Waals surface area (Å²) in [5.74, 6) is 0.848. The van der Waals surface area contributed by atoms with Crippen molar-refractivity contribution in [2.24, 2.45) is 5.41 Å². The summed E-state index contributed by atoms with van der Waals surface area (Å²) in [6.07, 6.45) is 5.76. The van der Waals surface area contributed by atoms with Gasteiger partial charge in [-0.3, -0.25) is 4.79 Å². The molecule has 1 aliphatic carbocycles. The highest BCUT2D eigenvalue weighted by molar-refractivity contribution is 6.18. The number of carbonyl (C=O) groups excluding carboxylic acids is 1. The monoisotopic (exact) mass is 231 g/mol. The Kier molecular flexibility index (Phi) is 4.91. The quantitative estimate of drug-likeness (QED) is 0.681. The summed E-state index contributed by atoms with van der Waals surface area (Å²) in [5, 5.41) is 0. The van der Waals surface area contributed by atoms with Gasteiger partial charge in [0.25, 0.3) is 0 Å². The number of nitrogens with zero attached hydrogens (tertiary/aromatic N) is 1. The normalized spacial score (nSPS) is 19.9. The lowest BCUT2D eigenvalue weighted by Gasteiger charge is -2.36. The van der Waals surface area contributed by atoms with Gasteiger partial charge in [-0.1, -0.05) is 26.2 Å². The van der Waals surface area contributed by atoms with E-state index in [0.717, 1.165) is 19.4 Å². The van der Waals surface area contributed by atoms with Crippen molar-refractivity contribution in [2.75, 3.05) is 19.0 Å². The second kappa shape index (κ2) is 5.74. The minimum absolute atomic E-state index is 0.111. The molecule has 88 valence electrons. The Hall–Kier alpha value is -0.240. The van der Waals surface area contributed by atoms with Crippen LogP contribution in [0.1, 0.15) is 46.0 Å². The van der Waals surface area contributed by atoms with Crippen LogP contribution in [0.2, 0.25) is 0 Å². The third-order valence-corrected chi connectivity index (χ3v) is 3.67. The lowest BCUT2D eigenvalue weighted by molar-refractivity contribution is -0.142. The molecule has 0 radical (unpaired) electrons. The van der Waals surface area contributed by atoms with Crippen molar-refractivity contribution in [3.05, 3.63) is 0 Å². The minimum Gasteiger partial charge on any atom is -0.341 e. The highest BCUT2D eigenvalue weighted by Crippen LogP contribution is 2.37. The second-order valence-electron chi connectivity index (χ2n) is 4.70. The van der Waals surface area contributed by atoms with E-state index in [1.54, 1.807) is 0 Å². The lowest BCUT2D eigenvalue weighted by Crippen LogP contribution is -2.44. The van der Waals surface area contributed by atoms with Crippen LogP contribution in [-0.4, -0.2) is 29.8 Å². The van der Waals surface area contributed by atoms with Crippen LogP contribution in [0, 0.1) is 5.41 Å². The molecule has 15 heavy (non-hydrogen) atoms. The summed E-state index contributed by atoms with van der Waals surface area (Å²) in [5.41, 5.74) is -0.111. The van der Waals surface area contributed by atoms with Crippen LogP contribution >= 0.6 is 11.6 Å². The van der Waals surface area contributed by atoms with Crippen molar-refractivity contribution in [1.29, 1.82) is 0 Å². The maximum absolute atomic E-state index is 12.3. The Morgan fingerprint density at radius 3 is 2.40 bits per heavy atom. The van der Waals surface area contributed by atoms with Crippen molar-refractivity contribution in [2.45, 2.75) is 46.0 Å². The Morgan fingerprint density at radius 1 is 1.33 bits per heavy atom. The van der Waals surface area contributed by atoms with Gasteiger partial charge in [0.2, 0.25) is 5.91 Å². The zero-order chi connectivity index (χ0) is 11.3. The molecule has 0 unspecified atom stereocenters. The predicted octanol–water partition coefficient (Wildman–Crippen LogP) is 3.04. The zero-order valence-electron chi connectivity index (χ0n) is 9.89. The fraction of sp³-hybridized carbons (Fsp3) is 0.917. The van der Waals surface area contributed by atoms with Gasteiger partial charge in [0.15, 0.2) is 0 Å². The van der Waals surface area contributed by atoms with Crippen molar-refractivity contribution in [1.82, 2.24) is 4.90 Å². The van der Waals surface area contributed by atoms with E-state index < -0.39 is 0 Å². The topological polar surface area (TPSA) is 20.3 Å². The average molecular weight is 232 g/mol. The average Bonchev–Trinajstić information content (AvgIpc) is 2.26. The molecule has 0 aromatic carbocycles. The second-order valence-corrected chi connectivity index (χ2v) is 5.07. The van der Waals surface area contributed by atoms with Crippen molar-refractivity contribution < 1.29 is 4.79 Å². The van der Waals surface area contributed by atoms with Crippen LogP contribution in [-0.2, 0) is 4.79 Å². The van der Waals surface area contributed by atoms with E-state index in [-0.39, 0.29) is 5.41 Å². The van der Waals surface area contributed by atoms with Gasteiger partial charge in [0.05, 0.1) is 0 Å². The maximum Gasteiger partial charge on any atom is 0.228 e. The fourth-order valence-electron chi connectivity index (χ4n) is 2.43. The molecule has 0 aromatic rings. The number of alkyl halides is 1. The van der Waals surface area contributed by atoms with Gasteiger partial charge >= 0.3 is 0 Å². The molecule has 2 nitrogen and oxygen atoms in total. The molecule has 3 heteroatoms. The van der Waals surface area contributed by atoms with Crippen molar-refractivity contribution >= 4 is 17.5 Å². The number of hydrogen-bond donors (Lipinski definition) is 0. The summed E-state index contributed by atoms with van der Waals surface area (Å²) < 4.78 is 0. The number of rotatable bonds is 4. The van der Waals surface area contributed by atoms with E-state index >= 15 is 0 Å². The highest BCUT2D eigenvalue weighted by Gasteiger charge is 2.36. The summed E-state index contributed by atoms with van der Waals surface area (Å²) >= 11 is 5.71. The SMILES string of the molecule is CCN(CCCl)C(=O)C1(C)CCCCC1. The van der Waals surface area contributed by atoms with Gasteiger partial charge in [-0.2, -0.15) is 0 Å². The van der Waals surface area contributed by atoms with E-state index in [9.17, 15) is 4.79 Å². The van der Waals surface area contributed by atoms with E-state index in [1.807, 2.05) is 11.8 Å². The molecule has 0 bridgehead atoms. The molecular weight excluding hydrogens is 210 g/mol. The maximum atomic E-state index is 12.3. The first kappa shape index (κ1) is 12.8. The number of amides is 1. The summed E-state index contributed by atoms with van der Waals surface area (Å²) in [6.45, 7) is 5.61. The molecule has 0 N–H and O–H groups in total. The molecular formula is C12H22ClNO. The van der Waals surface area contributed by atoms with E-state index in [2.05, 4.69) is 6.92 Å². The van der Waals surface area contributed by atoms with Crippen LogP contribution < -0.4 is 0 Å². The Balaban J connectivity index is 2.62. The van der Waals surface area contributed by atoms with Gasteiger partial charge < -0.3 is 4.90 Å². The molecule has 1 amide bonds. The van der Waals surface area contributed by atoms with Crippen LogP contribution in [0.3, 0.4) is 0 Å². The smallest absolute Gasteiger partial charge is 0.228 e. The Morgan fingerprint density at radius 2 is 1.93 bits per heavy atom. The van der Waals surface area contributed by atoms with Gasteiger partial charge in [-0.15, -0.1) is 11.6 Å². The van der Waals surface area contributed by atoms with E-state index in [1.165, 1.54) is 19.3 Å². The largest absolute Gasteiger partial charge is 0.341 e. The minimum atomic E-state index is -0.111. The molecule has 0 aromatic heterocycles. The highest BCUT2D eigenvalue weighted by atomic mass is 35.5. The predicted molar refractivity (Wildman–Crippen MR) is 64.2 cm³/mol. The molecule has 1 aliphatic rings. The van der Waals surface area contributed by atoms with Gasteiger partial charge in [-0.25, -0.2) is 0 Å². The van der Waals surface area contributed by atoms with E-state index in [0.29, 0.717) is 18.3 Å². The standard InChI is InChI=1S/C12H22ClNO/c1-3-14(10-9-13)11(15)12(2)7-5-4-6-8-12/h3-10H2,1-2H3. The fourth-order valence-corrected chi connectivity index (χ4v) is 2.64. The number of hydrogen-bond acceptors (Lipinski definition) is 1. The van der Waals surface area contributed by atoms with Crippen molar-refractivity contribution in [3.63, 3.8) is 0 Å². The first-order valence-electron chi connectivity index (χ1n) is 5.99. The molecule has 1 rings (SSSR count). The van der Waals surface area contributed by atoms with Gasteiger partial charge in [0.1, 0.15) is 0 Å². The third kappa shape index (κ3) is 3.10. The van der Waals surface area contributed by atoms with Crippen molar-refractivity contribution in [3.8, 4) is 0 Å². The van der Waals surface area contributed by atoms with Crippen LogP contribution in [0.15, 0.2) is 0 Å². The lowest BCUT2D eigenvalue weighted by atomic mass is 9.74.